The van der Waals surface area contributed by atoms with Gasteiger partial charge in [0.05, 0.1) is 11.9 Å². The van der Waals surface area contributed by atoms with Crippen molar-refractivity contribution in [3.63, 3.8) is 0 Å². The van der Waals surface area contributed by atoms with Crippen molar-refractivity contribution < 1.29 is 13.7 Å². The molecule has 1 aliphatic heterocycles. The molecule has 0 bridgehead atoms. The smallest absolute Gasteiger partial charge is 0.247 e. The summed E-state index contributed by atoms with van der Waals surface area (Å²) in [4.78, 5) is 19.2. The number of carbonyl (C=O) groups excluding carboxylic acids is 1. The number of hydrogen-bond donors (Lipinski definition) is 0. The minimum absolute atomic E-state index is 0.127. The molecule has 0 aliphatic carbocycles. The standard InChI is InChI=1S/C21H27N5O3/c1-12(2)26-18-8-9-25(19(27)7-6-16-14(4)24-29-15(16)5)11-17(18)20(23-26)21-22-10-13(3)28-21/h10,12H,6-9,11H2,1-5H3. The minimum Gasteiger partial charge on any atom is -0.440 e. The maximum atomic E-state index is 12.9. The molecule has 4 heterocycles. The van der Waals surface area contributed by atoms with Crippen molar-refractivity contribution in [1.29, 1.82) is 0 Å². The zero-order valence-corrected chi connectivity index (χ0v) is 17.7. The molecule has 3 aromatic heterocycles. The molecule has 8 nitrogen and oxygen atoms in total. The number of aryl methyl sites for hydroxylation is 3. The second kappa shape index (κ2) is 7.50. The summed E-state index contributed by atoms with van der Waals surface area (Å²) in [6.45, 7) is 11.1. The third kappa shape index (κ3) is 3.59. The molecule has 8 heteroatoms. The second-order valence-corrected chi connectivity index (χ2v) is 7.96. The second-order valence-electron chi connectivity index (χ2n) is 7.96. The van der Waals surface area contributed by atoms with Crippen LogP contribution in [-0.4, -0.2) is 37.3 Å². The first-order valence-corrected chi connectivity index (χ1v) is 10.1. The molecule has 4 rings (SSSR count). The molecular weight excluding hydrogens is 370 g/mol. The third-order valence-electron chi connectivity index (χ3n) is 5.52. The summed E-state index contributed by atoms with van der Waals surface area (Å²) in [6, 6.07) is 0.232. The van der Waals surface area contributed by atoms with Gasteiger partial charge >= 0.3 is 0 Å². The monoisotopic (exact) mass is 397 g/mol. The summed E-state index contributed by atoms with van der Waals surface area (Å²) < 4.78 is 13.0. The summed E-state index contributed by atoms with van der Waals surface area (Å²) in [7, 11) is 0. The maximum absolute atomic E-state index is 12.9. The van der Waals surface area contributed by atoms with Crippen molar-refractivity contribution >= 4 is 5.91 Å². The molecule has 0 radical (unpaired) electrons. The summed E-state index contributed by atoms with van der Waals surface area (Å²) >= 11 is 0. The van der Waals surface area contributed by atoms with Crippen LogP contribution < -0.4 is 0 Å². The average molecular weight is 397 g/mol. The lowest BCUT2D eigenvalue weighted by atomic mass is 10.0. The lowest BCUT2D eigenvalue weighted by molar-refractivity contribution is -0.132. The van der Waals surface area contributed by atoms with E-state index in [9.17, 15) is 4.79 Å². The number of oxazole rings is 1. The van der Waals surface area contributed by atoms with Crippen LogP contribution in [0.15, 0.2) is 15.1 Å². The number of carbonyl (C=O) groups is 1. The summed E-state index contributed by atoms with van der Waals surface area (Å²) in [6.07, 6.45) is 3.55. The zero-order chi connectivity index (χ0) is 20.7. The molecule has 1 amide bonds. The van der Waals surface area contributed by atoms with Crippen LogP contribution in [0.3, 0.4) is 0 Å². The van der Waals surface area contributed by atoms with E-state index in [0.717, 1.165) is 40.5 Å². The predicted octanol–water partition coefficient (Wildman–Crippen LogP) is 3.55. The Morgan fingerprint density at radius 2 is 2.07 bits per heavy atom. The number of aromatic nitrogens is 4. The van der Waals surface area contributed by atoms with Crippen LogP contribution in [0, 0.1) is 20.8 Å². The molecular formula is C21H27N5O3. The SMILES string of the molecule is Cc1cnc(-c2nn(C(C)C)c3c2CN(C(=O)CCc2c(C)noc2C)CC3)o1. The molecule has 0 spiro atoms. The summed E-state index contributed by atoms with van der Waals surface area (Å²) in [5, 5.41) is 8.75. The van der Waals surface area contributed by atoms with Crippen molar-refractivity contribution in [2.75, 3.05) is 6.54 Å². The van der Waals surface area contributed by atoms with E-state index >= 15 is 0 Å². The van der Waals surface area contributed by atoms with Crippen molar-refractivity contribution in [2.45, 2.75) is 66.5 Å². The Morgan fingerprint density at radius 1 is 1.28 bits per heavy atom. The fourth-order valence-electron chi connectivity index (χ4n) is 3.97. The number of rotatable bonds is 5. The highest BCUT2D eigenvalue weighted by Gasteiger charge is 2.30. The molecule has 0 saturated heterocycles. The van der Waals surface area contributed by atoms with E-state index in [4.69, 9.17) is 14.0 Å². The van der Waals surface area contributed by atoms with Gasteiger partial charge in [-0.3, -0.25) is 9.48 Å². The fourth-order valence-corrected chi connectivity index (χ4v) is 3.97. The summed E-state index contributed by atoms with van der Waals surface area (Å²) in [5.41, 5.74) is 4.83. The van der Waals surface area contributed by atoms with Crippen molar-refractivity contribution in [3.8, 4) is 11.6 Å². The van der Waals surface area contributed by atoms with Gasteiger partial charge in [0, 0.05) is 48.8 Å². The number of nitrogens with zero attached hydrogens (tertiary/aromatic N) is 5. The first kappa shape index (κ1) is 19.4. The van der Waals surface area contributed by atoms with Gasteiger partial charge in [-0.2, -0.15) is 5.10 Å². The van der Waals surface area contributed by atoms with Gasteiger partial charge in [0.15, 0.2) is 5.69 Å². The normalized spacial score (nSPS) is 13.9. The minimum atomic E-state index is 0.127. The van der Waals surface area contributed by atoms with E-state index in [-0.39, 0.29) is 11.9 Å². The average Bonchev–Trinajstić information content (AvgIpc) is 3.37. The van der Waals surface area contributed by atoms with Crippen molar-refractivity contribution in [2.24, 2.45) is 0 Å². The van der Waals surface area contributed by atoms with E-state index in [0.29, 0.717) is 31.8 Å². The Labute approximate surface area is 169 Å². The van der Waals surface area contributed by atoms with Gasteiger partial charge in [-0.05, 0) is 41.0 Å². The fraction of sp³-hybridized carbons (Fsp3) is 0.524. The predicted molar refractivity (Wildman–Crippen MR) is 106 cm³/mol. The first-order valence-electron chi connectivity index (χ1n) is 10.1. The third-order valence-corrected chi connectivity index (χ3v) is 5.52. The number of hydrogen-bond acceptors (Lipinski definition) is 6. The highest BCUT2D eigenvalue weighted by molar-refractivity contribution is 5.77. The van der Waals surface area contributed by atoms with E-state index in [1.54, 1.807) is 6.20 Å². The quantitative estimate of drug-likeness (QED) is 0.654. The van der Waals surface area contributed by atoms with Crippen LogP contribution in [0.5, 0.6) is 0 Å². The Kier molecular flexibility index (Phi) is 5.02. The molecule has 0 N–H and O–H groups in total. The molecule has 0 saturated carbocycles. The van der Waals surface area contributed by atoms with Crippen molar-refractivity contribution in [3.05, 3.63) is 40.2 Å². The molecule has 154 valence electrons. The van der Waals surface area contributed by atoms with Crippen LogP contribution in [0.25, 0.3) is 11.6 Å². The van der Waals surface area contributed by atoms with Gasteiger partial charge in [-0.25, -0.2) is 4.98 Å². The van der Waals surface area contributed by atoms with E-state index < -0.39 is 0 Å². The van der Waals surface area contributed by atoms with E-state index in [2.05, 4.69) is 24.0 Å². The first-order chi connectivity index (χ1) is 13.8. The lowest BCUT2D eigenvalue weighted by Crippen LogP contribution is -2.36. The van der Waals surface area contributed by atoms with Gasteiger partial charge in [-0.1, -0.05) is 5.16 Å². The highest BCUT2D eigenvalue weighted by Crippen LogP contribution is 2.32. The lowest BCUT2D eigenvalue weighted by Gasteiger charge is -2.28. The Balaban J connectivity index is 1.56. The number of fused-ring (bicyclic) bond motifs is 1. The Bertz CT molecular complexity index is 1020. The van der Waals surface area contributed by atoms with Crippen LogP contribution >= 0.6 is 0 Å². The van der Waals surface area contributed by atoms with Gasteiger partial charge < -0.3 is 13.8 Å². The zero-order valence-electron chi connectivity index (χ0n) is 17.7. The molecule has 0 atom stereocenters. The van der Waals surface area contributed by atoms with Crippen LogP contribution in [-0.2, 0) is 24.2 Å². The Hall–Kier alpha value is -2.90. The largest absolute Gasteiger partial charge is 0.440 e. The molecule has 0 fully saturated rings. The Morgan fingerprint density at radius 3 is 2.69 bits per heavy atom. The maximum Gasteiger partial charge on any atom is 0.247 e. The van der Waals surface area contributed by atoms with Gasteiger partial charge in [0.2, 0.25) is 11.8 Å². The molecule has 0 unspecified atom stereocenters. The van der Waals surface area contributed by atoms with Crippen LogP contribution in [0.4, 0.5) is 0 Å². The van der Waals surface area contributed by atoms with E-state index in [1.165, 1.54) is 5.69 Å². The van der Waals surface area contributed by atoms with E-state index in [1.807, 2.05) is 30.4 Å². The van der Waals surface area contributed by atoms with Gasteiger partial charge in [0.1, 0.15) is 11.5 Å². The molecule has 29 heavy (non-hydrogen) atoms. The van der Waals surface area contributed by atoms with Crippen molar-refractivity contribution in [1.82, 2.24) is 24.8 Å². The molecule has 0 aromatic carbocycles. The summed E-state index contributed by atoms with van der Waals surface area (Å²) in [5.74, 6) is 2.18. The molecule has 3 aromatic rings. The van der Waals surface area contributed by atoms with Crippen LogP contribution in [0.2, 0.25) is 0 Å². The topological polar surface area (TPSA) is 90.2 Å². The van der Waals surface area contributed by atoms with Crippen LogP contribution in [0.1, 0.15) is 60.3 Å². The number of amides is 1. The molecule has 1 aliphatic rings. The van der Waals surface area contributed by atoms with Gasteiger partial charge in [0.25, 0.3) is 0 Å². The highest BCUT2D eigenvalue weighted by atomic mass is 16.5. The van der Waals surface area contributed by atoms with Gasteiger partial charge in [-0.15, -0.1) is 0 Å².